The molecule has 0 saturated carbocycles. The number of esters is 1. The minimum atomic E-state index is -0.724. The van der Waals surface area contributed by atoms with E-state index in [1.807, 2.05) is 30.3 Å². The van der Waals surface area contributed by atoms with Crippen LogP contribution in [0.5, 0.6) is 11.5 Å². The number of hydrogen-bond acceptors (Lipinski definition) is 7. The molecule has 1 heterocycles. The summed E-state index contributed by atoms with van der Waals surface area (Å²) >= 11 is 2.18. The van der Waals surface area contributed by atoms with E-state index < -0.39 is 11.9 Å². The zero-order valence-electron chi connectivity index (χ0n) is 20.5. The fraction of sp³-hybridized carbons (Fsp3) is 0.241. The van der Waals surface area contributed by atoms with Crippen LogP contribution in [0, 0.1) is 3.57 Å². The summed E-state index contributed by atoms with van der Waals surface area (Å²) in [6.07, 6.45) is 1.63. The van der Waals surface area contributed by atoms with Gasteiger partial charge in [0.25, 0.3) is 0 Å². The molecule has 1 aliphatic heterocycles. The number of methoxy groups -OCH3 is 2. The van der Waals surface area contributed by atoms with Crippen LogP contribution in [-0.4, -0.2) is 26.0 Å². The molecule has 5 rings (SSSR count). The van der Waals surface area contributed by atoms with Gasteiger partial charge in [0, 0.05) is 18.4 Å². The number of hydrogen-bond donors (Lipinski definition) is 1. The highest BCUT2D eigenvalue weighted by molar-refractivity contribution is 14.1. The van der Waals surface area contributed by atoms with E-state index in [1.165, 1.54) is 7.11 Å². The highest BCUT2D eigenvalue weighted by Crippen LogP contribution is 2.46. The number of rotatable bonds is 6. The highest BCUT2D eigenvalue weighted by atomic mass is 127. The number of ketones is 1. The summed E-state index contributed by atoms with van der Waals surface area (Å²) < 4.78 is 23.5. The Labute approximate surface area is 228 Å². The van der Waals surface area contributed by atoms with Gasteiger partial charge < -0.3 is 24.7 Å². The Kier molecular flexibility index (Phi) is 7.10. The zero-order chi connectivity index (χ0) is 26.1. The van der Waals surface area contributed by atoms with Crippen LogP contribution in [0.1, 0.15) is 36.3 Å². The number of Topliss-reactive ketones (excluding diaryl/α,β-unsaturated/α-hetero) is 1. The highest BCUT2D eigenvalue weighted by Gasteiger charge is 2.41. The van der Waals surface area contributed by atoms with Crippen LogP contribution >= 0.6 is 22.6 Å². The lowest BCUT2D eigenvalue weighted by Gasteiger charge is -2.32. The van der Waals surface area contributed by atoms with Gasteiger partial charge in [-0.2, -0.15) is 0 Å². The molecule has 0 radical (unpaired) electrons. The zero-order valence-corrected chi connectivity index (χ0v) is 22.7. The van der Waals surface area contributed by atoms with E-state index in [4.69, 9.17) is 24.7 Å². The van der Waals surface area contributed by atoms with Crippen molar-refractivity contribution in [3.05, 3.63) is 92.1 Å². The molecule has 3 aromatic carbocycles. The number of halogens is 1. The van der Waals surface area contributed by atoms with Gasteiger partial charge in [0.2, 0.25) is 5.88 Å². The molecule has 1 aliphatic carbocycles. The van der Waals surface area contributed by atoms with Crippen molar-refractivity contribution in [2.45, 2.75) is 31.8 Å². The van der Waals surface area contributed by atoms with Crippen LogP contribution in [0.3, 0.4) is 0 Å². The number of carbonyl (C=O) groups is 2. The van der Waals surface area contributed by atoms with E-state index in [0.717, 1.165) is 19.9 Å². The van der Waals surface area contributed by atoms with Gasteiger partial charge in [-0.1, -0.05) is 42.5 Å². The van der Waals surface area contributed by atoms with Crippen molar-refractivity contribution < 1.29 is 28.5 Å². The van der Waals surface area contributed by atoms with Crippen molar-refractivity contribution >= 4 is 45.1 Å². The smallest absolute Gasteiger partial charge is 0.340 e. The molecule has 0 amide bonds. The Balaban J connectivity index is 1.55. The molecule has 0 fully saturated rings. The standard InChI is InChI=1S/C29H26INO6/c1-34-23-14-18(24-25-21(32)11-6-12-22(25)37-28(31)26(24)29(33)35-2)13-20(30)27(23)36-15-17-9-5-8-16-7-3-4-10-19(16)17/h3-5,7-10,13-14,24H,6,11-12,15,31H2,1-2H3/t24-/m0/s1. The van der Waals surface area contributed by atoms with Gasteiger partial charge in [-0.3, -0.25) is 4.79 Å². The second-order valence-electron chi connectivity index (χ2n) is 8.88. The maximum absolute atomic E-state index is 13.0. The van der Waals surface area contributed by atoms with Crippen molar-refractivity contribution in [3.63, 3.8) is 0 Å². The first kappa shape index (κ1) is 25.1. The third-order valence-electron chi connectivity index (χ3n) is 6.73. The summed E-state index contributed by atoms with van der Waals surface area (Å²) in [5.41, 5.74) is 8.47. The second-order valence-corrected chi connectivity index (χ2v) is 10.0. The summed E-state index contributed by atoms with van der Waals surface area (Å²) in [4.78, 5) is 25.8. The van der Waals surface area contributed by atoms with Crippen LogP contribution in [0.4, 0.5) is 0 Å². The maximum atomic E-state index is 13.0. The Bertz CT molecular complexity index is 1470. The molecular weight excluding hydrogens is 585 g/mol. The summed E-state index contributed by atoms with van der Waals surface area (Å²) in [7, 11) is 2.84. The molecule has 7 nitrogen and oxygen atoms in total. The fourth-order valence-corrected chi connectivity index (χ4v) is 5.79. The van der Waals surface area contributed by atoms with Crippen LogP contribution in [0.25, 0.3) is 10.8 Å². The molecule has 0 aromatic heterocycles. The lowest BCUT2D eigenvalue weighted by Crippen LogP contribution is -2.31. The lowest BCUT2D eigenvalue weighted by atomic mass is 9.77. The van der Waals surface area contributed by atoms with Crippen LogP contribution in [0.15, 0.2) is 77.4 Å². The summed E-state index contributed by atoms with van der Waals surface area (Å²) in [6.45, 7) is 0.346. The molecule has 190 valence electrons. The second kappa shape index (κ2) is 10.5. The summed E-state index contributed by atoms with van der Waals surface area (Å²) in [5, 5.41) is 2.26. The van der Waals surface area contributed by atoms with Crippen LogP contribution in [-0.2, 0) is 25.7 Å². The molecule has 2 N–H and O–H groups in total. The first-order chi connectivity index (χ1) is 17.9. The van der Waals surface area contributed by atoms with Crippen LogP contribution < -0.4 is 15.2 Å². The van der Waals surface area contributed by atoms with E-state index in [9.17, 15) is 9.59 Å². The Morgan fingerprint density at radius 1 is 1.11 bits per heavy atom. The summed E-state index contributed by atoms with van der Waals surface area (Å²) in [5.74, 6) is 0.100. The topological polar surface area (TPSA) is 97.1 Å². The number of nitrogens with two attached hydrogens (primary N) is 1. The van der Waals surface area contributed by atoms with Crippen molar-refractivity contribution in [2.75, 3.05) is 14.2 Å². The molecule has 0 spiro atoms. The molecule has 0 saturated heterocycles. The first-order valence-electron chi connectivity index (χ1n) is 11.9. The average molecular weight is 611 g/mol. The fourth-order valence-electron chi connectivity index (χ4n) is 5.01. The summed E-state index contributed by atoms with van der Waals surface area (Å²) in [6, 6.07) is 18.0. The maximum Gasteiger partial charge on any atom is 0.340 e. The van der Waals surface area contributed by atoms with Crippen molar-refractivity contribution in [2.24, 2.45) is 5.73 Å². The van der Waals surface area contributed by atoms with E-state index in [1.54, 1.807) is 13.2 Å². The third-order valence-corrected chi connectivity index (χ3v) is 7.53. The molecule has 0 bridgehead atoms. The van der Waals surface area contributed by atoms with Gasteiger partial charge in [-0.05, 0) is 63.0 Å². The van der Waals surface area contributed by atoms with Gasteiger partial charge in [0.15, 0.2) is 17.3 Å². The Morgan fingerprint density at radius 2 is 1.89 bits per heavy atom. The van der Waals surface area contributed by atoms with Crippen LogP contribution in [0.2, 0.25) is 0 Å². The van der Waals surface area contributed by atoms with Gasteiger partial charge in [0.05, 0.1) is 23.7 Å². The SMILES string of the molecule is COC(=O)C1=C(N)OC2=C(C(=O)CCC2)[C@@H]1c1cc(I)c(OCc2cccc3ccccc23)c(OC)c1. The number of fused-ring (bicyclic) bond motifs is 1. The molecule has 1 atom stereocenters. The molecular formula is C29H26INO6. The molecule has 3 aromatic rings. The average Bonchev–Trinajstić information content (AvgIpc) is 2.91. The predicted molar refractivity (Wildman–Crippen MR) is 147 cm³/mol. The van der Waals surface area contributed by atoms with E-state index >= 15 is 0 Å². The Hall–Kier alpha value is -3.53. The monoisotopic (exact) mass is 611 g/mol. The van der Waals surface area contributed by atoms with Crippen molar-refractivity contribution in [3.8, 4) is 11.5 Å². The lowest BCUT2D eigenvalue weighted by molar-refractivity contribution is -0.136. The number of benzene rings is 3. The van der Waals surface area contributed by atoms with Crippen molar-refractivity contribution in [1.82, 2.24) is 0 Å². The minimum Gasteiger partial charge on any atom is -0.493 e. The van der Waals surface area contributed by atoms with Gasteiger partial charge >= 0.3 is 5.97 Å². The Morgan fingerprint density at radius 3 is 2.68 bits per heavy atom. The predicted octanol–water partition coefficient (Wildman–Crippen LogP) is 5.50. The first-order valence-corrected chi connectivity index (χ1v) is 13.0. The molecule has 0 unspecified atom stereocenters. The van der Waals surface area contributed by atoms with E-state index in [2.05, 4.69) is 40.8 Å². The van der Waals surface area contributed by atoms with Gasteiger partial charge in [-0.15, -0.1) is 0 Å². The normalized spacial score (nSPS) is 17.4. The molecule has 2 aliphatic rings. The van der Waals surface area contributed by atoms with E-state index in [0.29, 0.717) is 54.3 Å². The van der Waals surface area contributed by atoms with E-state index in [-0.39, 0.29) is 17.2 Å². The third kappa shape index (κ3) is 4.66. The van der Waals surface area contributed by atoms with Gasteiger partial charge in [-0.25, -0.2) is 4.79 Å². The molecule has 8 heteroatoms. The number of allylic oxidation sites excluding steroid dienone is 2. The number of ether oxygens (including phenoxy) is 4. The largest absolute Gasteiger partial charge is 0.493 e. The quantitative estimate of drug-likeness (QED) is 0.291. The van der Waals surface area contributed by atoms with Gasteiger partial charge in [0.1, 0.15) is 17.9 Å². The minimum absolute atomic E-state index is 0.0458. The van der Waals surface area contributed by atoms with Crippen molar-refractivity contribution in [1.29, 1.82) is 0 Å². The molecule has 37 heavy (non-hydrogen) atoms. The number of carbonyl (C=O) groups excluding carboxylic acids is 2.